The second-order valence-corrected chi connectivity index (χ2v) is 3.98. The van der Waals surface area contributed by atoms with Gasteiger partial charge in [-0.2, -0.15) is 23.5 Å². The lowest BCUT2D eigenvalue weighted by Gasteiger charge is -2.04. The molecule has 0 atom stereocenters. The van der Waals surface area contributed by atoms with Crippen molar-refractivity contribution in [2.24, 2.45) is 0 Å². The van der Waals surface area contributed by atoms with Gasteiger partial charge >= 0.3 is 6.18 Å². The zero-order chi connectivity index (χ0) is 14.3. The molecule has 8 heteroatoms. The molecule has 0 aliphatic rings. The summed E-state index contributed by atoms with van der Waals surface area (Å²) in [4.78, 5) is 4.04. The molecule has 0 bridgehead atoms. The maximum absolute atomic E-state index is 12.7. The molecule has 3 heterocycles. The van der Waals surface area contributed by atoms with Crippen molar-refractivity contribution in [1.82, 2.24) is 19.2 Å². The fraction of sp³-hybridized carbons (Fsp3) is 0.0833. The van der Waals surface area contributed by atoms with Crippen molar-refractivity contribution in [3.63, 3.8) is 0 Å². The molecule has 0 aromatic carbocycles. The van der Waals surface area contributed by atoms with Gasteiger partial charge in [0.05, 0.1) is 0 Å². The van der Waals surface area contributed by atoms with Gasteiger partial charge in [0.1, 0.15) is 17.3 Å². The van der Waals surface area contributed by atoms with Gasteiger partial charge in [-0.05, 0) is 12.1 Å². The molecule has 0 spiro atoms. The molecular formula is C12H6F3N5. The van der Waals surface area contributed by atoms with Crippen molar-refractivity contribution in [2.75, 3.05) is 0 Å². The topological polar surface area (TPSA) is 58.9 Å². The van der Waals surface area contributed by atoms with Gasteiger partial charge in [-0.15, -0.1) is 0 Å². The van der Waals surface area contributed by atoms with E-state index in [1.165, 1.54) is 17.0 Å². The quantitative estimate of drug-likeness (QED) is 0.686. The number of nitrogens with zero attached hydrogens (tertiary/aromatic N) is 5. The summed E-state index contributed by atoms with van der Waals surface area (Å²) in [6.45, 7) is 0. The Balaban J connectivity index is 2.28. The zero-order valence-corrected chi connectivity index (χ0v) is 9.83. The monoisotopic (exact) mass is 277 g/mol. The maximum Gasteiger partial charge on any atom is 0.435 e. The van der Waals surface area contributed by atoms with E-state index in [-0.39, 0.29) is 17.0 Å². The smallest absolute Gasteiger partial charge is 0.291 e. The van der Waals surface area contributed by atoms with E-state index in [0.717, 1.165) is 10.6 Å². The van der Waals surface area contributed by atoms with Gasteiger partial charge in [0.2, 0.25) is 0 Å². The molecule has 0 radical (unpaired) electrons. The van der Waals surface area contributed by atoms with Gasteiger partial charge in [0, 0.05) is 24.7 Å². The van der Waals surface area contributed by atoms with Crippen LogP contribution in [0.3, 0.4) is 0 Å². The van der Waals surface area contributed by atoms with Gasteiger partial charge in [-0.1, -0.05) is 0 Å². The van der Waals surface area contributed by atoms with E-state index in [1.54, 1.807) is 18.3 Å². The lowest BCUT2D eigenvalue weighted by molar-refractivity contribution is -0.141. The summed E-state index contributed by atoms with van der Waals surface area (Å²) in [5.74, 6) is 0.219. The first-order chi connectivity index (χ1) is 9.50. The minimum atomic E-state index is -4.53. The number of hydrogen-bond acceptors (Lipinski definition) is 3. The summed E-state index contributed by atoms with van der Waals surface area (Å²) < 4.78 is 40.6. The number of fused-ring (bicyclic) bond motifs is 1. The van der Waals surface area contributed by atoms with Gasteiger partial charge in [0.25, 0.3) is 0 Å². The largest absolute Gasteiger partial charge is 0.435 e. The Hall–Kier alpha value is -2.82. The maximum atomic E-state index is 12.7. The van der Waals surface area contributed by atoms with E-state index in [9.17, 15) is 13.2 Å². The Morgan fingerprint density at radius 1 is 1.25 bits per heavy atom. The minimum Gasteiger partial charge on any atom is -0.291 e. The highest BCUT2D eigenvalue weighted by Gasteiger charge is 2.34. The van der Waals surface area contributed by atoms with Crippen LogP contribution in [0.2, 0.25) is 0 Å². The van der Waals surface area contributed by atoms with Crippen LogP contribution in [-0.2, 0) is 6.18 Å². The summed E-state index contributed by atoms with van der Waals surface area (Å²) in [5.41, 5.74) is -0.551. The third-order valence-corrected chi connectivity index (χ3v) is 2.75. The van der Waals surface area contributed by atoms with Crippen LogP contribution in [-0.4, -0.2) is 19.2 Å². The predicted octanol–water partition coefficient (Wildman–Crippen LogP) is 2.41. The lowest BCUT2D eigenvalue weighted by Crippen LogP contribution is -2.05. The Bertz CT molecular complexity index is 822. The average Bonchev–Trinajstić information content (AvgIpc) is 3.03. The molecule has 100 valence electrons. The first kappa shape index (κ1) is 12.2. The average molecular weight is 277 g/mol. The van der Waals surface area contributed by atoms with Crippen molar-refractivity contribution >= 4 is 5.52 Å². The number of hydrogen-bond donors (Lipinski definition) is 0. The molecule has 0 amide bonds. The van der Waals surface area contributed by atoms with Crippen LogP contribution in [0.5, 0.6) is 0 Å². The van der Waals surface area contributed by atoms with E-state index in [0.29, 0.717) is 0 Å². The summed E-state index contributed by atoms with van der Waals surface area (Å²) in [5, 5.41) is 12.4. The molecule has 5 nitrogen and oxygen atoms in total. The molecule has 20 heavy (non-hydrogen) atoms. The highest BCUT2D eigenvalue weighted by molar-refractivity contribution is 5.62. The van der Waals surface area contributed by atoms with E-state index >= 15 is 0 Å². The first-order valence-electron chi connectivity index (χ1n) is 5.50. The van der Waals surface area contributed by atoms with Crippen LogP contribution in [0.15, 0.2) is 36.8 Å². The van der Waals surface area contributed by atoms with Crippen LogP contribution in [0, 0.1) is 11.3 Å². The molecule has 0 fully saturated rings. The Morgan fingerprint density at radius 2 is 2.05 bits per heavy atom. The fourth-order valence-electron chi connectivity index (χ4n) is 1.89. The van der Waals surface area contributed by atoms with Gasteiger partial charge in [-0.3, -0.25) is 4.57 Å². The number of alkyl halides is 3. The molecule has 0 unspecified atom stereocenters. The molecular weight excluding hydrogens is 271 g/mol. The molecule has 0 N–H and O–H groups in total. The second-order valence-electron chi connectivity index (χ2n) is 3.98. The van der Waals surface area contributed by atoms with Crippen molar-refractivity contribution in [1.29, 1.82) is 5.26 Å². The van der Waals surface area contributed by atoms with Crippen LogP contribution < -0.4 is 0 Å². The second kappa shape index (κ2) is 4.09. The van der Waals surface area contributed by atoms with Crippen LogP contribution in [0.1, 0.15) is 11.4 Å². The van der Waals surface area contributed by atoms with Crippen LogP contribution in [0.25, 0.3) is 11.3 Å². The van der Waals surface area contributed by atoms with Gasteiger partial charge in [-0.25, -0.2) is 9.50 Å². The number of nitriles is 1. The normalized spacial score (nSPS) is 11.7. The Kier molecular flexibility index (Phi) is 2.50. The minimum absolute atomic E-state index is 0.174. The van der Waals surface area contributed by atoms with Crippen molar-refractivity contribution in [2.45, 2.75) is 6.18 Å². The van der Waals surface area contributed by atoms with Crippen molar-refractivity contribution in [3.05, 3.63) is 48.2 Å². The number of rotatable bonds is 1. The summed E-state index contributed by atoms with van der Waals surface area (Å²) in [6.07, 6.45) is -0.320. The highest BCUT2D eigenvalue weighted by atomic mass is 19.4. The molecule has 3 rings (SSSR count). The van der Waals surface area contributed by atoms with Gasteiger partial charge in [0.15, 0.2) is 11.5 Å². The van der Waals surface area contributed by atoms with E-state index in [4.69, 9.17) is 5.26 Å². The third kappa shape index (κ3) is 1.80. The third-order valence-electron chi connectivity index (χ3n) is 2.75. The molecule has 0 saturated carbocycles. The summed E-state index contributed by atoms with van der Waals surface area (Å²) in [7, 11) is 0. The van der Waals surface area contributed by atoms with E-state index in [1.807, 2.05) is 6.07 Å². The first-order valence-corrected chi connectivity index (χ1v) is 5.50. The number of halogens is 3. The molecule has 3 aromatic rings. The Labute approximate surface area is 110 Å². The number of aromatic nitrogens is 4. The SMILES string of the molecule is N#Cc1cccn1-c1nccn2nc(C(F)(F)F)cc12. The molecule has 3 aromatic heterocycles. The molecule has 0 saturated heterocycles. The zero-order valence-electron chi connectivity index (χ0n) is 9.83. The Morgan fingerprint density at radius 3 is 2.75 bits per heavy atom. The van der Waals surface area contributed by atoms with Gasteiger partial charge < -0.3 is 0 Å². The molecule has 0 aliphatic heterocycles. The summed E-state index contributed by atoms with van der Waals surface area (Å²) in [6, 6.07) is 6.02. The van der Waals surface area contributed by atoms with E-state index < -0.39 is 11.9 Å². The standard InChI is InChI=1S/C12H6F3N5/c13-12(14,15)10-6-9-11(17-3-5-20(9)18-10)19-4-1-2-8(19)7-16/h1-6H. The van der Waals surface area contributed by atoms with E-state index in [2.05, 4.69) is 10.1 Å². The highest BCUT2D eigenvalue weighted by Crippen LogP contribution is 2.29. The fourth-order valence-corrected chi connectivity index (χ4v) is 1.89. The van der Waals surface area contributed by atoms with Crippen molar-refractivity contribution in [3.8, 4) is 11.9 Å². The van der Waals surface area contributed by atoms with Crippen LogP contribution in [0.4, 0.5) is 13.2 Å². The van der Waals surface area contributed by atoms with Crippen molar-refractivity contribution < 1.29 is 13.2 Å². The van der Waals surface area contributed by atoms with Crippen LogP contribution >= 0.6 is 0 Å². The summed E-state index contributed by atoms with van der Waals surface area (Å²) >= 11 is 0. The molecule has 0 aliphatic carbocycles. The lowest BCUT2D eigenvalue weighted by atomic mass is 10.3. The predicted molar refractivity (Wildman–Crippen MR) is 62.0 cm³/mol.